The Morgan fingerprint density at radius 1 is 1.57 bits per heavy atom. The summed E-state index contributed by atoms with van der Waals surface area (Å²) in [6, 6.07) is 2.67. The van der Waals surface area contributed by atoms with E-state index in [0.29, 0.717) is 6.04 Å². The van der Waals surface area contributed by atoms with Gasteiger partial charge in [0.25, 0.3) is 0 Å². The second-order valence-electron chi connectivity index (χ2n) is 3.58. The van der Waals surface area contributed by atoms with Crippen molar-refractivity contribution in [1.29, 1.82) is 0 Å². The van der Waals surface area contributed by atoms with Crippen LogP contribution in [-0.4, -0.2) is 40.5 Å². The van der Waals surface area contributed by atoms with Crippen LogP contribution in [-0.2, 0) is 6.54 Å². The molecule has 1 aromatic heterocycles. The molecule has 0 saturated carbocycles. The van der Waals surface area contributed by atoms with Gasteiger partial charge >= 0.3 is 0 Å². The number of likely N-dealkylation sites (N-methyl/N-ethyl adjacent to an activating group) is 1. The standard InChI is InChI=1S/C10H16N4/c1-2-14(10-5-12-6-10)7-9-3-4-11-8-13-9/h3-4,8,10,12H,2,5-7H2,1H3. The summed E-state index contributed by atoms with van der Waals surface area (Å²) in [6.07, 6.45) is 3.41. The summed E-state index contributed by atoms with van der Waals surface area (Å²) >= 11 is 0. The Morgan fingerprint density at radius 3 is 2.93 bits per heavy atom. The second kappa shape index (κ2) is 4.48. The van der Waals surface area contributed by atoms with Crippen molar-refractivity contribution in [3.63, 3.8) is 0 Å². The summed E-state index contributed by atoms with van der Waals surface area (Å²) in [5.41, 5.74) is 1.11. The summed E-state index contributed by atoms with van der Waals surface area (Å²) in [5.74, 6) is 0. The number of rotatable bonds is 4. The van der Waals surface area contributed by atoms with Crippen molar-refractivity contribution < 1.29 is 0 Å². The van der Waals surface area contributed by atoms with Gasteiger partial charge in [0.1, 0.15) is 6.33 Å². The zero-order valence-corrected chi connectivity index (χ0v) is 8.48. The number of nitrogens with zero attached hydrogens (tertiary/aromatic N) is 3. The highest BCUT2D eigenvalue weighted by Crippen LogP contribution is 2.08. The third kappa shape index (κ3) is 2.08. The van der Waals surface area contributed by atoms with Gasteiger partial charge in [0.05, 0.1) is 5.69 Å². The fourth-order valence-electron chi connectivity index (χ4n) is 1.65. The third-order valence-corrected chi connectivity index (χ3v) is 2.69. The van der Waals surface area contributed by atoms with Crippen LogP contribution in [0.1, 0.15) is 12.6 Å². The highest BCUT2D eigenvalue weighted by Gasteiger charge is 2.23. The molecule has 2 heterocycles. The Morgan fingerprint density at radius 2 is 2.43 bits per heavy atom. The van der Waals surface area contributed by atoms with Crippen molar-refractivity contribution in [2.45, 2.75) is 19.5 Å². The van der Waals surface area contributed by atoms with E-state index in [-0.39, 0.29) is 0 Å². The molecule has 0 aliphatic carbocycles. The predicted octanol–water partition coefficient (Wildman–Crippen LogP) is 0.270. The molecule has 0 amide bonds. The summed E-state index contributed by atoms with van der Waals surface area (Å²) in [5, 5.41) is 3.29. The molecule has 76 valence electrons. The summed E-state index contributed by atoms with van der Waals surface area (Å²) in [4.78, 5) is 10.6. The topological polar surface area (TPSA) is 41.1 Å². The van der Waals surface area contributed by atoms with E-state index in [1.54, 1.807) is 12.5 Å². The minimum absolute atomic E-state index is 0.690. The number of hydrogen-bond donors (Lipinski definition) is 1. The van der Waals surface area contributed by atoms with Crippen LogP contribution in [0.25, 0.3) is 0 Å². The van der Waals surface area contributed by atoms with E-state index in [1.807, 2.05) is 6.07 Å². The first kappa shape index (κ1) is 9.55. The van der Waals surface area contributed by atoms with Gasteiger partial charge in [-0.15, -0.1) is 0 Å². The minimum Gasteiger partial charge on any atom is -0.314 e. The van der Waals surface area contributed by atoms with Crippen molar-refractivity contribution in [3.05, 3.63) is 24.3 Å². The summed E-state index contributed by atoms with van der Waals surface area (Å²) < 4.78 is 0. The lowest BCUT2D eigenvalue weighted by molar-refractivity contribution is 0.143. The predicted molar refractivity (Wildman–Crippen MR) is 54.8 cm³/mol. The first-order valence-corrected chi connectivity index (χ1v) is 5.10. The van der Waals surface area contributed by atoms with Crippen molar-refractivity contribution in [2.75, 3.05) is 19.6 Å². The van der Waals surface area contributed by atoms with Gasteiger partial charge in [-0.1, -0.05) is 6.92 Å². The zero-order valence-electron chi connectivity index (χ0n) is 8.48. The Bertz CT molecular complexity index is 271. The maximum atomic E-state index is 4.23. The molecule has 1 aliphatic heterocycles. The molecular weight excluding hydrogens is 176 g/mol. The zero-order chi connectivity index (χ0) is 9.80. The highest BCUT2D eigenvalue weighted by molar-refractivity contribution is 4.99. The number of hydrogen-bond acceptors (Lipinski definition) is 4. The first-order valence-electron chi connectivity index (χ1n) is 5.10. The number of aromatic nitrogens is 2. The molecule has 2 rings (SSSR count). The molecule has 0 bridgehead atoms. The van der Waals surface area contributed by atoms with E-state index in [9.17, 15) is 0 Å². The first-order chi connectivity index (χ1) is 6.90. The summed E-state index contributed by atoms with van der Waals surface area (Å²) in [7, 11) is 0. The molecule has 0 atom stereocenters. The highest BCUT2D eigenvalue weighted by atomic mass is 15.2. The average Bonchev–Trinajstić information content (AvgIpc) is 2.15. The molecule has 0 spiro atoms. The van der Waals surface area contributed by atoms with E-state index in [0.717, 1.165) is 31.9 Å². The quantitative estimate of drug-likeness (QED) is 0.743. The molecule has 14 heavy (non-hydrogen) atoms. The fraction of sp³-hybridized carbons (Fsp3) is 0.600. The molecular formula is C10H16N4. The maximum Gasteiger partial charge on any atom is 0.115 e. The Labute approximate surface area is 84.4 Å². The molecule has 1 aliphatic rings. The van der Waals surface area contributed by atoms with Crippen LogP contribution in [0.2, 0.25) is 0 Å². The molecule has 0 aromatic carbocycles. The Kier molecular flexibility index (Phi) is 3.06. The van der Waals surface area contributed by atoms with Crippen LogP contribution >= 0.6 is 0 Å². The lowest BCUT2D eigenvalue weighted by atomic mass is 10.1. The minimum atomic E-state index is 0.690. The van der Waals surface area contributed by atoms with Gasteiger partial charge in [0.2, 0.25) is 0 Å². The van der Waals surface area contributed by atoms with E-state index < -0.39 is 0 Å². The molecule has 0 radical (unpaired) electrons. The van der Waals surface area contributed by atoms with Crippen molar-refractivity contribution >= 4 is 0 Å². The molecule has 4 heteroatoms. The average molecular weight is 192 g/mol. The van der Waals surface area contributed by atoms with Gasteiger partial charge in [0, 0.05) is 31.9 Å². The molecule has 1 saturated heterocycles. The van der Waals surface area contributed by atoms with E-state index in [4.69, 9.17) is 0 Å². The van der Waals surface area contributed by atoms with Gasteiger partial charge in [-0.25, -0.2) is 9.97 Å². The third-order valence-electron chi connectivity index (χ3n) is 2.69. The van der Waals surface area contributed by atoms with E-state index >= 15 is 0 Å². The second-order valence-corrected chi connectivity index (χ2v) is 3.58. The van der Waals surface area contributed by atoms with Gasteiger partial charge in [-0.05, 0) is 12.6 Å². The number of nitrogens with one attached hydrogen (secondary N) is 1. The molecule has 1 aromatic rings. The monoisotopic (exact) mass is 192 g/mol. The smallest absolute Gasteiger partial charge is 0.115 e. The molecule has 1 N–H and O–H groups in total. The fourth-order valence-corrected chi connectivity index (χ4v) is 1.65. The van der Waals surface area contributed by atoms with Gasteiger partial charge in [-0.2, -0.15) is 0 Å². The van der Waals surface area contributed by atoms with Crippen molar-refractivity contribution in [3.8, 4) is 0 Å². The lowest BCUT2D eigenvalue weighted by Gasteiger charge is -2.37. The van der Waals surface area contributed by atoms with E-state index in [1.165, 1.54) is 0 Å². The Balaban J connectivity index is 1.94. The van der Waals surface area contributed by atoms with Crippen molar-refractivity contribution in [2.24, 2.45) is 0 Å². The van der Waals surface area contributed by atoms with Gasteiger partial charge in [0.15, 0.2) is 0 Å². The molecule has 0 unspecified atom stereocenters. The normalized spacial score (nSPS) is 17.0. The largest absolute Gasteiger partial charge is 0.314 e. The van der Waals surface area contributed by atoms with E-state index in [2.05, 4.69) is 27.1 Å². The van der Waals surface area contributed by atoms with Crippen LogP contribution in [0.4, 0.5) is 0 Å². The molecule has 4 nitrogen and oxygen atoms in total. The SMILES string of the molecule is CCN(Cc1ccncn1)C1CNC1. The van der Waals surface area contributed by atoms with Crippen LogP contribution in [0.3, 0.4) is 0 Å². The summed E-state index contributed by atoms with van der Waals surface area (Å²) in [6.45, 7) is 6.43. The van der Waals surface area contributed by atoms with Crippen molar-refractivity contribution in [1.82, 2.24) is 20.2 Å². The van der Waals surface area contributed by atoms with Crippen LogP contribution in [0, 0.1) is 0 Å². The van der Waals surface area contributed by atoms with Crippen LogP contribution in [0.15, 0.2) is 18.6 Å². The molecule has 1 fully saturated rings. The van der Waals surface area contributed by atoms with Crippen LogP contribution in [0.5, 0.6) is 0 Å². The van der Waals surface area contributed by atoms with Crippen LogP contribution < -0.4 is 5.32 Å². The van der Waals surface area contributed by atoms with Gasteiger partial charge < -0.3 is 5.32 Å². The lowest BCUT2D eigenvalue weighted by Crippen LogP contribution is -2.56. The maximum absolute atomic E-state index is 4.23. The Hall–Kier alpha value is -1.00. The van der Waals surface area contributed by atoms with Gasteiger partial charge in [-0.3, -0.25) is 4.90 Å².